The molecule has 2 heterocycles. The predicted octanol–water partition coefficient (Wildman–Crippen LogP) is 3.47. The van der Waals surface area contributed by atoms with E-state index in [1.165, 1.54) is 0 Å². The molecule has 1 aromatic heterocycles. The molecule has 1 aliphatic heterocycles. The number of pyridine rings is 1. The van der Waals surface area contributed by atoms with Gasteiger partial charge in [0.1, 0.15) is 0 Å². The van der Waals surface area contributed by atoms with Gasteiger partial charge in [0, 0.05) is 30.9 Å². The fraction of sp³-hybridized carbons (Fsp3) is 0.381. The highest BCUT2D eigenvalue weighted by Gasteiger charge is 2.44. The van der Waals surface area contributed by atoms with E-state index in [1.54, 1.807) is 29.3 Å². The number of nitrogens with two attached hydrogens (primary N) is 1. The standard InChI is InChI=1S/C21H22Cl2N4O3/c22-13-3-1-12(2-4-13)18-11-26(20(28)15-5-6-16(15)21(29)30)7-8-27(18)19-17(24)9-14(23)10-25-19/h1-4,9-10,15-16,18H,5-8,11,24H2,(H,29,30)/t15-,16-,18?/m0/s1. The number of benzene rings is 1. The largest absolute Gasteiger partial charge is 0.481 e. The SMILES string of the molecule is Nc1cc(Cl)cnc1N1CCN(C(=O)[C@H]2CC[C@@H]2C(=O)O)CC1c1ccc(Cl)cc1. The van der Waals surface area contributed by atoms with Crippen molar-refractivity contribution in [2.24, 2.45) is 11.8 Å². The molecule has 2 aromatic rings. The number of nitrogens with zero attached hydrogens (tertiary/aromatic N) is 3. The van der Waals surface area contributed by atoms with E-state index in [1.807, 2.05) is 12.1 Å². The lowest BCUT2D eigenvalue weighted by molar-refractivity contribution is -0.157. The minimum Gasteiger partial charge on any atom is -0.481 e. The van der Waals surface area contributed by atoms with Gasteiger partial charge in [-0.05, 0) is 36.6 Å². The number of anilines is 2. The molecule has 0 radical (unpaired) electrons. The van der Waals surface area contributed by atoms with Crippen LogP contribution in [-0.4, -0.2) is 46.5 Å². The van der Waals surface area contributed by atoms with Crippen molar-refractivity contribution in [2.75, 3.05) is 30.3 Å². The van der Waals surface area contributed by atoms with Crippen molar-refractivity contribution in [3.8, 4) is 0 Å². The third kappa shape index (κ3) is 3.91. The summed E-state index contributed by atoms with van der Waals surface area (Å²) in [6, 6.07) is 8.92. The van der Waals surface area contributed by atoms with Crippen LogP contribution < -0.4 is 10.6 Å². The number of aliphatic carboxylic acids is 1. The van der Waals surface area contributed by atoms with Crippen molar-refractivity contribution < 1.29 is 14.7 Å². The Hall–Kier alpha value is -2.51. The van der Waals surface area contributed by atoms with Crippen LogP contribution in [0.15, 0.2) is 36.5 Å². The van der Waals surface area contributed by atoms with Gasteiger partial charge >= 0.3 is 5.97 Å². The number of carbonyl (C=O) groups is 2. The van der Waals surface area contributed by atoms with Gasteiger partial charge in [-0.1, -0.05) is 35.3 Å². The van der Waals surface area contributed by atoms with E-state index in [-0.39, 0.29) is 11.9 Å². The van der Waals surface area contributed by atoms with Crippen LogP contribution in [0.1, 0.15) is 24.4 Å². The Kier molecular flexibility index (Phi) is 5.75. The van der Waals surface area contributed by atoms with Crippen molar-refractivity contribution in [3.05, 3.63) is 52.1 Å². The Morgan fingerprint density at radius 1 is 1.07 bits per heavy atom. The molecule has 1 saturated heterocycles. The summed E-state index contributed by atoms with van der Waals surface area (Å²) >= 11 is 12.1. The van der Waals surface area contributed by atoms with E-state index in [9.17, 15) is 14.7 Å². The second-order valence-electron chi connectivity index (χ2n) is 7.74. The molecule has 0 bridgehead atoms. The van der Waals surface area contributed by atoms with Crippen molar-refractivity contribution >= 4 is 46.6 Å². The number of halogens is 2. The third-order valence-electron chi connectivity index (χ3n) is 5.99. The highest BCUT2D eigenvalue weighted by Crippen LogP contribution is 2.39. The average Bonchev–Trinajstić information content (AvgIpc) is 2.67. The van der Waals surface area contributed by atoms with Crippen LogP contribution in [0, 0.1) is 11.8 Å². The summed E-state index contributed by atoms with van der Waals surface area (Å²) in [6.45, 7) is 1.39. The van der Waals surface area contributed by atoms with Gasteiger partial charge in [-0.15, -0.1) is 0 Å². The van der Waals surface area contributed by atoms with Crippen molar-refractivity contribution in [1.29, 1.82) is 0 Å². The van der Waals surface area contributed by atoms with Gasteiger partial charge in [0.15, 0.2) is 5.82 Å². The average molecular weight is 449 g/mol. The maximum atomic E-state index is 13.0. The second kappa shape index (κ2) is 8.32. The number of hydrogen-bond acceptors (Lipinski definition) is 5. The number of carboxylic acids is 1. The van der Waals surface area contributed by atoms with Crippen LogP contribution in [0.4, 0.5) is 11.5 Å². The number of piperazine rings is 1. The number of carbonyl (C=O) groups excluding carboxylic acids is 1. The molecule has 1 saturated carbocycles. The minimum atomic E-state index is -0.898. The molecule has 1 unspecified atom stereocenters. The second-order valence-corrected chi connectivity index (χ2v) is 8.61. The Balaban J connectivity index is 1.62. The first-order chi connectivity index (χ1) is 14.3. The third-order valence-corrected chi connectivity index (χ3v) is 6.45. The van der Waals surface area contributed by atoms with Crippen molar-refractivity contribution in [2.45, 2.75) is 18.9 Å². The van der Waals surface area contributed by atoms with Crippen LogP contribution in [0.2, 0.25) is 10.0 Å². The zero-order valence-corrected chi connectivity index (χ0v) is 17.7. The molecule has 1 amide bonds. The molecule has 3 atom stereocenters. The zero-order chi connectivity index (χ0) is 21.4. The lowest BCUT2D eigenvalue weighted by atomic mass is 9.72. The topological polar surface area (TPSA) is 99.8 Å². The molecular weight excluding hydrogens is 427 g/mol. The Morgan fingerprint density at radius 3 is 2.37 bits per heavy atom. The summed E-state index contributed by atoms with van der Waals surface area (Å²) in [7, 11) is 0. The molecule has 2 fully saturated rings. The lowest BCUT2D eigenvalue weighted by Gasteiger charge is -2.45. The van der Waals surface area contributed by atoms with Gasteiger partial charge in [0.2, 0.25) is 5.91 Å². The summed E-state index contributed by atoms with van der Waals surface area (Å²) < 4.78 is 0. The molecule has 3 N–H and O–H groups in total. The normalized spacial score (nSPS) is 23.7. The number of nitrogen functional groups attached to an aromatic ring is 1. The van der Waals surface area contributed by atoms with E-state index in [0.717, 1.165) is 5.56 Å². The van der Waals surface area contributed by atoms with Gasteiger partial charge in [-0.3, -0.25) is 9.59 Å². The molecule has 9 heteroatoms. The van der Waals surface area contributed by atoms with Gasteiger partial charge in [-0.2, -0.15) is 0 Å². The molecule has 0 spiro atoms. The van der Waals surface area contributed by atoms with Gasteiger partial charge in [0.25, 0.3) is 0 Å². The lowest BCUT2D eigenvalue weighted by Crippen LogP contribution is -2.55. The highest BCUT2D eigenvalue weighted by molar-refractivity contribution is 6.31. The van der Waals surface area contributed by atoms with Gasteiger partial charge < -0.3 is 20.6 Å². The monoisotopic (exact) mass is 448 g/mol. The first-order valence-electron chi connectivity index (χ1n) is 9.80. The predicted molar refractivity (Wildman–Crippen MR) is 116 cm³/mol. The number of carboxylic acid groups (broad SMARTS) is 1. The zero-order valence-electron chi connectivity index (χ0n) is 16.2. The van der Waals surface area contributed by atoms with Gasteiger partial charge in [-0.25, -0.2) is 4.98 Å². The van der Waals surface area contributed by atoms with Crippen LogP contribution in [0.5, 0.6) is 0 Å². The molecule has 2 aliphatic rings. The molecule has 30 heavy (non-hydrogen) atoms. The summed E-state index contributed by atoms with van der Waals surface area (Å²) in [5.41, 5.74) is 7.62. The number of amides is 1. The number of aromatic nitrogens is 1. The smallest absolute Gasteiger partial charge is 0.307 e. The van der Waals surface area contributed by atoms with E-state index in [0.29, 0.717) is 54.0 Å². The molecule has 7 nitrogen and oxygen atoms in total. The summed E-state index contributed by atoms with van der Waals surface area (Å²) in [5.74, 6) is -1.41. The maximum Gasteiger partial charge on any atom is 0.307 e. The highest BCUT2D eigenvalue weighted by atomic mass is 35.5. The Morgan fingerprint density at radius 2 is 1.77 bits per heavy atom. The van der Waals surface area contributed by atoms with Gasteiger partial charge in [0.05, 0.1) is 28.6 Å². The first kappa shape index (κ1) is 20.8. The van der Waals surface area contributed by atoms with Crippen LogP contribution >= 0.6 is 23.2 Å². The van der Waals surface area contributed by atoms with E-state index in [2.05, 4.69) is 9.88 Å². The van der Waals surface area contributed by atoms with Crippen molar-refractivity contribution in [1.82, 2.24) is 9.88 Å². The van der Waals surface area contributed by atoms with Crippen LogP contribution in [0.3, 0.4) is 0 Å². The quantitative estimate of drug-likeness (QED) is 0.742. The Bertz CT molecular complexity index is 969. The fourth-order valence-corrected chi connectivity index (χ4v) is 4.51. The van der Waals surface area contributed by atoms with Crippen LogP contribution in [0.25, 0.3) is 0 Å². The van der Waals surface area contributed by atoms with E-state index in [4.69, 9.17) is 28.9 Å². The fourth-order valence-electron chi connectivity index (χ4n) is 4.22. The summed E-state index contributed by atoms with van der Waals surface area (Å²) in [6.07, 6.45) is 2.72. The Labute approximate surface area is 184 Å². The first-order valence-corrected chi connectivity index (χ1v) is 10.6. The summed E-state index contributed by atoms with van der Waals surface area (Å²) in [5, 5.41) is 10.4. The minimum absolute atomic E-state index is 0.0932. The number of rotatable bonds is 4. The van der Waals surface area contributed by atoms with E-state index >= 15 is 0 Å². The van der Waals surface area contributed by atoms with E-state index < -0.39 is 17.8 Å². The maximum absolute atomic E-state index is 13.0. The molecule has 158 valence electrons. The van der Waals surface area contributed by atoms with Crippen molar-refractivity contribution in [3.63, 3.8) is 0 Å². The number of hydrogen-bond donors (Lipinski definition) is 2. The van der Waals surface area contributed by atoms with Crippen LogP contribution in [-0.2, 0) is 9.59 Å². The molecule has 1 aliphatic carbocycles. The molecule has 1 aromatic carbocycles. The molecular formula is C21H22Cl2N4O3. The molecule has 4 rings (SSSR count). The summed E-state index contributed by atoms with van der Waals surface area (Å²) in [4.78, 5) is 32.7.